The molecule has 1 aromatic heterocycles. The molecule has 0 aliphatic heterocycles. The fourth-order valence-corrected chi connectivity index (χ4v) is 3.00. The second-order valence-corrected chi connectivity index (χ2v) is 6.34. The maximum atomic E-state index is 6.31. The van der Waals surface area contributed by atoms with E-state index < -0.39 is 0 Å². The molecule has 146 valence electrons. The van der Waals surface area contributed by atoms with Gasteiger partial charge in [0, 0.05) is 11.8 Å². The number of rotatable bonds is 7. The van der Waals surface area contributed by atoms with E-state index in [2.05, 4.69) is 33.6 Å². The molecule has 0 aliphatic carbocycles. The Bertz CT molecular complexity index is 981. The largest absolute Gasteiger partial charge is 0.495 e. The average molecular weight is 400 g/mol. The summed E-state index contributed by atoms with van der Waals surface area (Å²) in [6, 6.07) is 11.4. The number of nitrogens with zero attached hydrogens (tertiary/aromatic N) is 2. The molecule has 0 saturated heterocycles. The Labute approximate surface area is 168 Å². The molecule has 3 aromatic rings. The van der Waals surface area contributed by atoms with Crippen LogP contribution in [0.2, 0.25) is 5.02 Å². The summed E-state index contributed by atoms with van der Waals surface area (Å²) in [5.41, 5.74) is 9.41. The molecule has 7 nitrogen and oxygen atoms in total. The minimum Gasteiger partial charge on any atom is -0.495 e. The monoisotopic (exact) mass is 399 g/mol. The number of hydrogen-bond donors (Lipinski definition) is 3. The first-order chi connectivity index (χ1) is 13.6. The van der Waals surface area contributed by atoms with Crippen molar-refractivity contribution in [2.24, 2.45) is 0 Å². The van der Waals surface area contributed by atoms with E-state index in [4.69, 9.17) is 26.8 Å². The van der Waals surface area contributed by atoms with Crippen LogP contribution in [0.3, 0.4) is 0 Å². The van der Waals surface area contributed by atoms with Crippen LogP contribution < -0.4 is 25.8 Å². The van der Waals surface area contributed by atoms with Gasteiger partial charge in [0.1, 0.15) is 23.5 Å². The molecular formula is C20H22ClN5O2. The zero-order valence-electron chi connectivity index (χ0n) is 15.9. The molecule has 1 heterocycles. The molecular weight excluding hydrogens is 378 g/mol. The van der Waals surface area contributed by atoms with E-state index >= 15 is 0 Å². The minimum absolute atomic E-state index is 0.377. The van der Waals surface area contributed by atoms with Crippen LogP contribution >= 0.6 is 11.6 Å². The van der Waals surface area contributed by atoms with Crippen LogP contribution in [0, 0.1) is 0 Å². The highest BCUT2D eigenvalue weighted by molar-refractivity contribution is 6.32. The predicted octanol–water partition coefficient (Wildman–Crippen LogP) is 4.78. The van der Waals surface area contributed by atoms with Gasteiger partial charge in [-0.3, -0.25) is 0 Å². The molecule has 0 radical (unpaired) electrons. The summed E-state index contributed by atoms with van der Waals surface area (Å²) in [6.07, 6.45) is 2.33. The quantitative estimate of drug-likeness (QED) is 0.526. The number of anilines is 5. The molecule has 0 fully saturated rings. The van der Waals surface area contributed by atoms with E-state index in [1.165, 1.54) is 11.9 Å². The van der Waals surface area contributed by atoms with E-state index in [0.29, 0.717) is 39.5 Å². The maximum Gasteiger partial charge on any atom is 0.159 e. The third kappa shape index (κ3) is 4.04. The molecule has 0 spiro atoms. The van der Waals surface area contributed by atoms with Gasteiger partial charge < -0.3 is 25.8 Å². The van der Waals surface area contributed by atoms with Crippen LogP contribution in [0.4, 0.5) is 28.7 Å². The van der Waals surface area contributed by atoms with E-state index in [-0.39, 0.29) is 0 Å². The van der Waals surface area contributed by atoms with Gasteiger partial charge in [0.15, 0.2) is 11.6 Å². The second-order valence-electron chi connectivity index (χ2n) is 5.93. The number of ether oxygens (including phenoxy) is 2. The van der Waals surface area contributed by atoms with Crippen LogP contribution in [-0.2, 0) is 6.42 Å². The molecule has 0 saturated carbocycles. The zero-order valence-corrected chi connectivity index (χ0v) is 16.7. The highest BCUT2D eigenvalue weighted by Gasteiger charge is 2.14. The second kappa shape index (κ2) is 8.67. The number of aromatic nitrogens is 2. The fourth-order valence-electron chi connectivity index (χ4n) is 2.76. The van der Waals surface area contributed by atoms with E-state index in [1.807, 2.05) is 18.2 Å². The lowest BCUT2D eigenvalue weighted by molar-refractivity contribution is 0.396. The van der Waals surface area contributed by atoms with Crippen LogP contribution in [-0.4, -0.2) is 24.2 Å². The minimum atomic E-state index is 0.377. The van der Waals surface area contributed by atoms with Crippen LogP contribution in [0.25, 0.3) is 0 Å². The normalized spacial score (nSPS) is 10.4. The molecule has 0 amide bonds. The first-order valence-corrected chi connectivity index (χ1v) is 9.09. The number of hydrogen-bond acceptors (Lipinski definition) is 7. The van der Waals surface area contributed by atoms with E-state index in [9.17, 15) is 0 Å². The van der Waals surface area contributed by atoms with Gasteiger partial charge in [-0.1, -0.05) is 36.7 Å². The Morgan fingerprint density at radius 2 is 1.61 bits per heavy atom. The van der Waals surface area contributed by atoms with Crippen molar-refractivity contribution in [1.82, 2.24) is 9.97 Å². The number of para-hydroxylation sites is 1. The van der Waals surface area contributed by atoms with Gasteiger partial charge in [-0.2, -0.15) is 0 Å². The summed E-state index contributed by atoms with van der Waals surface area (Å²) >= 11 is 6.24. The Hall–Kier alpha value is -3.19. The average Bonchev–Trinajstić information content (AvgIpc) is 2.71. The van der Waals surface area contributed by atoms with Crippen molar-refractivity contribution >= 4 is 40.3 Å². The Morgan fingerprint density at radius 1 is 0.964 bits per heavy atom. The topological polar surface area (TPSA) is 94.3 Å². The van der Waals surface area contributed by atoms with Gasteiger partial charge in [0.25, 0.3) is 0 Å². The highest BCUT2D eigenvalue weighted by Crippen LogP contribution is 2.38. The molecule has 0 unspecified atom stereocenters. The standard InChI is InChI=1S/C20H22ClN5O2/c1-4-12-7-5-6-8-14(12)25-19-18(22)20(24-11-23-19)26-15-9-13(21)16(27-2)10-17(15)28-3/h5-11H,4,22H2,1-3H3,(H2,23,24,25,26). The number of nitrogens with two attached hydrogens (primary N) is 1. The number of aryl methyl sites for hydroxylation is 1. The van der Waals surface area contributed by atoms with Crippen molar-refractivity contribution in [3.8, 4) is 11.5 Å². The number of benzene rings is 2. The molecule has 0 atom stereocenters. The van der Waals surface area contributed by atoms with Crippen molar-refractivity contribution in [1.29, 1.82) is 0 Å². The summed E-state index contributed by atoms with van der Waals surface area (Å²) in [7, 11) is 3.11. The van der Waals surface area contributed by atoms with Gasteiger partial charge in [0.2, 0.25) is 0 Å². The summed E-state index contributed by atoms with van der Waals surface area (Å²) < 4.78 is 10.6. The zero-order chi connectivity index (χ0) is 20.1. The lowest BCUT2D eigenvalue weighted by atomic mass is 10.1. The molecule has 3 rings (SSSR count). The molecule has 28 heavy (non-hydrogen) atoms. The molecule has 2 aromatic carbocycles. The van der Waals surface area contributed by atoms with Gasteiger partial charge in [-0.05, 0) is 24.1 Å². The number of nitrogens with one attached hydrogen (secondary N) is 2. The SMILES string of the molecule is CCc1ccccc1Nc1ncnc(Nc2cc(Cl)c(OC)cc2OC)c1N. The predicted molar refractivity (Wildman–Crippen MR) is 113 cm³/mol. The van der Waals surface area contributed by atoms with Gasteiger partial charge >= 0.3 is 0 Å². The fraction of sp³-hybridized carbons (Fsp3) is 0.200. The summed E-state index contributed by atoms with van der Waals surface area (Å²) in [5.74, 6) is 2.01. The van der Waals surface area contributed by atoms with Crippen molar-refractivity contribution in [2.75, 3.05) is 30.6 Å². The first kappa shape index (κ1) is 19.6. The smallest absolute Gasteiger partial charge is 0.159 e. The number of methoxy groups -OCH3 is 2. The van der Waals surface area contributed by atoms with Crippen molar-refractivity contribution in [3.63, 3.8) is 0 Å². The molecule has 0 bridgehead atoms. The number of halogens is 1. The summed E-state index contributed by atoms with van der Waals surface area (Å²) in [4.78, 5) is 8.52. The van der Waals surface area contributed by atoms with Gasteiger partial charge in [0.05, 0.1) is 24.9 Å². The third-order valence-electron chi connectivity index (χ3n) is 4.26. The molecule has 8 heteroatoms. The van der Waals surface area contributed by atoms with Crippen LogP contribution in [0.5, 0.6) is 11.5 Å². The molecule has 0 aliphatic rings. The lowest BCUT2D eigenvalue weighted by Crippen LogP contribution is -2.06. The van der Waals surface area contributed by atoms with Gasteiger partial charge in [-0.25, -0.2) is 9.97 Å². The van der Waals surface area contributed by atoms with Crippen LogP contribution in [0.1, 0.15) is 12.5 Å². The lowest BCUT2D eigenvalue weighted by Gasteiger charge is -2.16. The van der Waals surface area contributed by atoms with Crippen molar-refractivity contribution in [3.05, 3.63) is 53.3 Å². The van der Waals surface area contributed by atoms with Crippen molar-refractivity contribution in [2.45, 2.75) is 13.3 Å². The number of nitrogen functional groups attached to an aromatic ring is 1. The molecule has 4 N–H and O–H groups in total. The highest BCUT2D eigenvalue weighted by atomic mass is 35.5. The van der Waals surface area contributed by atoms with Crippen LogP contribution in [0.15, 0.2) is 42.7 Å². The van der Waals surface area contributed by atoms with Gasteiger partial charge in [-0.15, -0.1) is 0 Å². The summed E-state index contributed by atoms with van der Waals surface area (Å²) in [5, 5.41) is 6.88. The van der Waals surface area contributed by atoms with E-state index in [0.717, 1.165) is 12.1 Å². The van der Waals surface area contributed by atoms with E-state index in [1.54, 1.807) is 26.4 Å². The Kier molecular flexibility index (Phi) is 6.06. The van der Waals surface area contributed by atoms with Crippen molar-refractivity contribution < 1.29 is 9.47 Å². The summed E-state index contributed by atoms with van der Waals surface area (Å²) in [6.45, 7) is 2.09. The Morgan fingerprint density at radius 3 is 2.25 bits per heavy atom. The first-order valence-electron chi connectivity index (χ1n) is 8.71. The maximum absolute atomic E-state index is 6.31. The Balaban J connectivity index is 1.93. The third-order valence-corrected chi connectivity index (χ3v) is 4.56.